The van der Waals surface area contributed by atoms with Gasteiger partial charge in [0.05, 0.1) is 5.52 Å². The predicted molar refractivity (Wildman–Crippen MR) is 81.8 cm³/mol. The Morgan fingerprint density at radius 3 is 2.75 bits per heavy atom. The van der Waals surface area contributed by atoms with Crippen LogP contribution in [0, 0.1) is 0 Å². The molecule has 1 N–H and O–H groups in total. The molecule has 4 heteroatoms. The lowest BCUT2D eigenvalue weighted by atomic mass is 10.2. The second-order valence-corrected chi connectivity index (χ2v) is 4.83. The number of hydrogen-bond donors (Lipinski definition) is 1. The maximum absolute atomic E-state index is 4.58. The zero-order valence-electron chi connectivity index (χ0n) is 11.6. The largest absolute Gasteiger partial charge is 0.385 e. The third-order valence-corrected chi connectivity index (χ3v) is 3.43. The molecular weight excluding hydrogens is 248 g/mol. The van der Waals surface area contributed by atoms with Crippen LogP contribution in [0.5, 0.6) is 0 Å². The van der Waals surface area contributed by atoms with Gasteiger partial charge in [0.1, 0.15) is 5.82 Å². The first-order valence-electron chi connectivity index (χ1n) is 6.90. The summed E-state index contributed by atoms with van der Waals surface area (Å²) in [5, 5.41) is 3.42. The van der Waals surface area contributed by atoms with E-state index in [4.69, 9.17) is 0 Å². The number of fused-ring (bicyclic) bond motifs is 1. The van der Waals surface area contributed by atoms with Crippen molar-refractivity contribution in [3.05, 3.63) is 54.5 Å². The number of anilines is 1. The van der Waals surface area contributed by atoms with Crippen molar-refractivity contribution in [2.75, 3.05) is 11.9 Å². The lowest BCUT2D eigenvalue weighted by Gasteiger charge is -2.06. The Kier molecular flexibility index (Phi) is 3.63. The average molecular weight is 266 g/mol. The van der Waals surface area contributed by atoms with Gasteiger partial charge >= 0.3 is 0 Å². The van der Waals surface area contributed by atoms with E-state index in [2.05, 4.69) is 45.1 Å². The SMILES string of the molecule is Cn1c(CCCNc2ccccc2)nc2ncccc21. The lowest BCUT2D eigenvalue weighted by molar-refractivity contribution is 0.753. The van der Waals surface area contributed by atoms with Crippen molar-refractivity contribution < 1.29 is 0 Å². The number of aryl methyl sites for hydroxylation is 2. The smallest absolute Gasteiger partial charge is 0.177 e. The monoisotopic (exact) mass is 266 g/mol. The number of nitrogens with zero attached hydrogens (tertiary/aromatic N) is 3. The fourth-order valence-corrected chi connectivity index (χ4v) is 2.33. The zero-order chi connectivity index (χ0) is 13.8. The summed E-state index contributed by atoms with van der Waals surface area (Å²) in [7, 11) is 2.05. The molecule has 2 heterocycles. The molecule has 0 aliphatic carbocycles. The Morgan fingerprint density at radius 2 is 1.95 bits per heavy atom. The Bertz CT molecular complexity index is 688. The zero-order valence-corrected chi connectivity index (χ0v) is 11.6. The summed E-state index contributed by atoms with van der Waals surface area (Å²) in [4.78, 5) is 8.87. The first-order chi connectivity index (χ1) is 9.84. The second-order valence-electron chi connectivity index (χ2n) is 4.83. The number of nitrogens with one attached hydrogen (secondary N) is 1. The van der Waals surface area contributed by atoms with Crippen molar-refractivity contribution in [3.8, 4) is 0 Å². The summed E-state index contributed by atoms with van der Waals surface area (Å²) in [6.45, 7) is 0.945. The van der Waals surface area contributed by atoms with E-state index >= 15 is 0 Å². The Balaban J connectivity index is 1.59. The highest BCUT2D eigenvalue weighted by molar-refractivity contribution is 5.71. The molecule has 0 radical (unpaired) electrons. The van der Waals surface area contributed by atoms with Crippen LogP contribution in [0.3, 0.4) is 0 Å². The molecule has 3 rings (SSSR count). The number of rotatable bonds is 5. The summed E-state index contributed by atoms with van der Waals surface area (Å²) in [5.74, 6) is 1.09. The van der Waals surface area contributed by atoms with Gasteiger partial charge in [0.25, 0.3) is 0 Å². The van der Waals surface area contributed by atoms with Gasteiger partial charge in [0.15, 0.2) is 5.65 Å². The summed E-state index contributed by atoms with van der Waals surface area (Å²) >= 11 is 0. The fourth-order valence-electron chi connectivity index (χ4n) is 2.33. The first-order valence-corrected chi connectivity index (χ1v) is 6.90. The van der Waals surface area contributed by atoms with Gasteiger partial charge in [-0.05, 0) is 30.7 Å². The summed E-state index contributed by atoms with van der Waals surface area (Å²) in [5.41, 5.74) is 3.10. The molecule has 4 nitrogen and oxygen atoms in total. The molecule has 0 amide bonds. The molecular formula is C16H18N4. The van der Waals surface area contributed by atoms with Crippen LogP contribution < -0.4 is 5.32 Å². The van der Waals surface area contributed by atoms with Gasteiger partial charge in [0, 0.05) is 31.9 Å². The molecule has 0 atom stereocenters. The first kappa shape index (κ1) is 12.7. The highest BCUT2D eigenvalue weighted by Crippen LogP contribution is 2.13. The van der Waals surface area contributed by atoms with Gasteiger partial charge in [0.2, 0.25) is 0 Å². The summed E-state index contributed by atoms with van der Waals surface area (Å²) in [6, 6.07) is 14.3. The van der Waals surface area contributed by atoms with E-state index in [0.717, 1.165) is 36.4 Å². The van der Waals surface area contributed by atoms with Gasteiger partial charge < -0.3 is 9.88 Å². The molecule has 0 aliphatic heterocycles. The molecule has 0 aliphatic rings. The standard InChI is InChI=1S/C16H18N4/c1-20-14-9-5-12-18-16(14)19-15(20)10-6-11-17-13-7-3-2-4-8-13/h2-5,7-9,12,17H,6,10-11H2,1H3. The molecule has 0 fully saturated rings. The number of benzene rings is 1. The number of hydrogen-bond acceptors (Lipinski definition) is 3. The Morgan fingerprint density at radius 1 is 1.10 bits per heavy atom. The van der Waals surface area contributed by atoms with Crippen molar-refractivity contribution >= 4 is 16.9 Å². The number of imidazole rings is 1. The molecule has 0 saturated heterocycles. The fraction of sp³-hybridized carbons (Fsp3) is 0.250. The van der Waals surface area contributed by atoms with Crippen LogP contribution >= 0.6 is 0 Å². The molecule has 0 spiro atoms. The normalized spacial score (nSPS) is 10.8. The van der Waals surface area contributed by atoms with Crippen molar-refractivity contribution in [1.82, 2.24) is 14.5 Å². The Labute approximate surface area is 118 Å². The average Bonchev–Trinajstić information content (AvgIpc) is 2.82. The van der Waals surface area contributed by atoms with Crippen molar-refractivity contribution in [2.45, 2.75) is 12.8 Å². The van der Waals surface area contributed by atoms with Gasteiger partial charge in [-0.15, -0.1) is 0 Å². The molecule has 2 aromatic heterocycles. The maximum Gasteiger partial charge on any atom is 0.177 e. The number of para-hydroxylation sites is 1. The topological polar surface area (TPSA) is 42.7 Å². The molecule has 20 heavy (non-hydrogen) atoms. The van der Waals surface area contributed by atoms with E-state index in [1.54, 1.807) is 6.20 Å². The van der Waals surface area contributed by atoms with Gasteiger partial charge in [-0.2, -0.15) is 0 Å². The van der Waals surface area contributed by atoms with Crippen LogP contribution in [0.25, 0.3) is 11.2 Å². The molecule has 102 valence electrons. The summed E-state index contributed by atoms with van der Waals surface area (Å²) < 4.78 is 2.13. The third kappa shape index (κ3) is 2.64. The van der Waals surface area contributed by atoms with Crippen molar-refractivity contribution in [3.63, 3.8) is 0 Å². The van der Waals surface area contributed by atoms with Crippen LogP contribution in [0.2, 0.25) is 0 Å². The highest BCUT2D eigenvalue weighted by atomic mass is 15.1. The second kappa shape index (κ2) is 5.74. The van der Waals surface area contributed by atoms with E-state index in [0.29, 0.717) is 0 Å². The van der Waals surface area contributed by atoms with Gasteiger partial charge in [-0.25, -0.2) is 9.97 Å². The molecule has 0 saturated carbocycles. The molecule has 3 aromatic rings. The van der Waals surface area contributed by atoms with Gasteiger partial charge in [-0.1, -0.05) is 18.2 Å². The quantitative estimate of drug-likeness (QED) is 0.722. The highest BCUT2D eigenvalue weighted by Gasteiger charge is 2.07. The van der Waals surface area contributed by atoms with Crippen LogP contribution in [0.4, 0.5) is 5.69 Å². The lowest BCUT2D eigenvalue weighted by Crippen LogP contribution is -2.05. The molecule has 0 unspecified atom stereocenters. The van der Waals surface area contributed by atoms with Gasteiger partial charge in [-0.3, -0.25) is 0 Å². The van der Waals surface area contributed by atoms with Crippen LogP contribution in [0.1, 0.15) is 12.2 Å². The Hall–Kier alpha value is -2.36. The van der Waals surface area contributed by atoms with E-state index in [9.17, 15) is 0 Å². The van der Waals surface area contributed by atoms with Crippen LogP contribution in [-0.4, -0.2) is 21.1 Å². The van der Waals surface area contributed by atoms with Crippen molar-refractivity contribution in [1.29, 1.82) is 0 Å². The maximum atomic E-state index is 4.58. The van der Waals surface area contributed by atoms with E-state index in [1.165, 1.54) is 5.69 Å². The minimum Gasteiger partial charge on any atom is -0.385 e. The number of aromatic nitrogens is 3. The van der Waals surface area contributed by atoms with E-state index in [-0.39, 0.29) is 0 Å². The minimum atomic E-state index is 0.834. The summed E-state index contributed by atoms with van der Waals surface area (Å²) in [6.07, 6.45) is 3.79. The van der Waals surface area contributed by atoms with Crippen molar-refractivity contribution in [2.24, 2.45) is 7.05 Å². The third-order valence-electron chi connectivity index (χ3n) is 3.43. The molecule has 1 aromatic carbocycles. The van der Waals surface area contributed by atoms with Crippen LogP contribution in [-0.2, 0) is 13.5 Å². The number of pyridine rings is 1. The minimum absolute atomic E-state index is 0.834. The van der Waals surface area contributed by atoms with E-state index < -0.39 is 0 Å². The molecule has 0 bridgehead atoms. The van der Waals surface area contributed by atoms with E-state index in [1.807, 2.05) is 24.3 Å². The predicted octanol–water partition coefficient (Wildman–Crippen LogP) is 3.01. The van der Waals surface area contributed by atoms with Crippen LogP contribution in [0.15, 0.2) is 48.7 Å².